The standard InChI is InChI=1S/C14H14ClN3O3/c1-9-4-3-5-10(6-9)17-11(19)7-18-8-16-13(15)12(21-2)14(18)20/h3-6,8H,7H2,1-2H3,(H,17,19). The van der Waals surface area contributed by atoms with Gasteiger partial charge in [-0.05, 0) is 24.6 Å². The molecule has 0 aliphatic heterocycles. The molecule has 0 atom stereocenters. The maximum atomic E-state index is 12.0. The summed E-state index contributed by atoms with van der Waals surface area (Å²) in [5.74, 6) is -0.420. The van der Waals surface area contributed by atoms with Crippen molar-refractivity contribution >= 4 is 23.2 Å². The first-order chi connectivity index (χ1) is 10.0. The van der Waals surface area contributed by atoms with E-state index < -0.39 is 5.56 Å². The van der Waals surface area contributed by atoms with E-state index in [4.69, 9.17) is 16.3 Å². The summed E-state index contributed by atoms with van der Waals surface area (Å²) in [5.41, 5.74) is 1.19. The number of nitrogens with zero attached hydrogens (tertiary/aromatic N) is 2. The number of aryl methyl sites for hydroxylation is 1. The van der Waals surface area contributed by atoms with Crippen molar-refractivity contribution in [3.8, 4) is 5.75 Å². The van der Waals surface area contributed by atoms with E-state index in [1.54, 1.807) is 6.07 Å². The van der Waals surface area contributed by atoms with Crippen LogP contribution in [0.1, 0.15) is 5.56 Å². The van der Waals surface area contributed by atoms with Crippen molar-refractivity contribution in [2.75, 3.05) is 12.4 Å². The predicted octanol–water partition coefficient (Wildman–Crippen LogP) is 1.85. The second-order valence-corrected chi connectivity index (χ2v) is 4.78. The molecule has 0 aliphatic rings. The molecular weight excluding hydrogens is 294 g/mol. The second kappa shape index (κ2) is 6.41. The van der Waals surface area contributed by atoms with E-state index in [-0.39, 0.29) is 23.4 Å². The molecule has 0 spiro atoms. The van der Waals surface area contributed by atoms with Crippen LogP contribution in [0.4, 0.5) is 5.69 Å². The lowest BCUT2D eigenvalue weighted by atomic mass is 10.2. The van der Waals surface area contributed by atoms with Gasteiger partial charge in [0.1, 0.15) is 6.54 Å². The fourth-order valence-electron chi connectivity index (χ4n) is 1.81. The number of carbonyl (C=O) groups is 1. The van der Waals surface area contributed by atoms with E-state index in [0.29, 0.717) is 5.69 Å². The zero-order valence-corrected chi connectivity index (χ0v) is 12.3. The SMILES string of the molecule is COc1c(Cl)ncn(CC(=O)Nc2cccc(C)c2)c1=O. The van der Waals surface area contributed by atoms with E-state index in [2.05, 4.69) is 10.3 Å². The zero-order chi connectivity index (χ0) is 15.4. The Morgan fingerprint density at radius 2 is 2.24 bits per heavy atom. The van der Waals surface area contributed by atoms with Gasteiger partial charge < -0.3 is 10.1 Å². The Kier molecular flexibility index (Phi) is 4.59. The summed E-state index contributed by atoms with van der Waals surface area (Å²) in [7, 11) is 1.32. The van der Waals surface area contributed by atoms with Gasteiger partial charge in [0.2, 0.25) is 11.7 Å². The maximum Gasteiger partial charge on any atom is 0.297 e. The van der Waals surface area contributed by atoms with E-state index in [9.17, 15) is 9.59 Å². The summed E-state index contributed by atoms with van der Waals surface area (Å²) >= 11 is 5.74. The average molecular weight is 308 g/mol. The van der Waals surface area contributed by atoms with Crippen molar-refractivity contribution in [3.05, 3.63) is 51.7 Å². The minimum Gasteiger partial charge on any atom is -0.489 e. The van der Waals surface area contributed by atoms with Gasteiger partial charge in [0.15, 0.2) is 5.15 Å². The molecule has 1 aromatic heterocycles. The Bertz CT molecular complexity index is 728. The molecule has 2 rings (SSSR count). The van der Waals surface area contributed by atoms with Crippen LogP contribution >= 0.6 is 11.6 Å². The van der Waals surface area contributed by atoms with Crippen molar-refractivity contribution < 1.29 is 9.53 Å². The number of rotatable bonds is 4. The van der Waals surface area contributed by atoms with Crippen LogP contribution in [0.25, 0.3) is 0 Å². The summed E-state index contributed by atoms with van der Waals surface area (Å²) in [6.07, 6.45) is 1.21. The highest BCUT2D eigenvalue weighted by Gasteiger charge is 2.12. The Hall–Kier alpha value is -2.34. The van der Waals surface area contributed by atoms with Gasteiger partial charge >= 0.3 is 0 Å². The number of benzene rings is 1. The van der Waals surface area contributed by atoms with Crippen LogP contribution < -0.4 is 15.6 Å². The van der Waals surface area contributed by atoms with Gasteiger partial charge in [-0.15, -0.1) is 0 Å². The molecule has 1 N–H and O–H groups in total. The Morgan fingerprint density at radius 1 is 1.48 bits per heavy atom. The van der Waals surface area contributed by atoms with Gasteiger partial charge in [0.25, 0.3) is 5.56 Å². The summed E-state index contributed by atoms with van der Waals surface area (Å²) in [5, 5.41) is 2.68. The summed E-state index contributed by atoms with van der Waals surface area (Å²) in [6, 6.07) is 7.37. The third-order valence-electron chi connectivity index (χ3n) is 2.77. The number of amides is 1. The molecule has 0 radical (unpaired) electrons. The van der Waals surface area contributed by atoms with Gasteiger partial charge in [0, 0.05) is 5.69 Å². The summed E-state index contributed by atoms with van der Waals surface area (Å²) in [4.78, 5) is 27.8. The number of carbonyl (C=O) groups excluding carboxylic acids is 1. The van der Waals surface area contributed by atoms with Crippen molar-refractivity contribution in [1.29, 1.82) is 0 Å². The van der Waals surface area contributed by atoms with E-state index in [1.807, 2.05) is 25.1 Å². The number of aromatic nitrogens is 2. The van der Waals surface area contributed by atoms with Crippen LogP contribution in [-0.4, -0.2) is 22.6 Å². The lowest BCUT2D eigenvalue weighted by molar-refractivity contribution is -0.116. The van der Waals surface area contributed by atoms with Gasteiger partial charge in [-0.2, -0.15) is 0 Å². The van der Waals surface area contributed by atoms with Gasteiger partial charge in [-0.25, -0.2) is 4.98 Å². The number of anilines is 1. The number of hydrogen-bond acceptors (Lipinski definition) is 4. The van der Waals surface area contributed by atoms with Crippen molar-refractivity contribution in [2.24, 2.45) is 0 Å². The predicted molar refractivity (Wildman–Crippen MR) is 79.9 cm³/mol. The fraction of sp³-hybridized carbons (Fsp3) is 0.214. The molecule has 0 fully saturated rings. The Morgan fingerprint density at radius 3 is 2.90 bits per heavy atom. The number of nitrogens with one attached hydrogen (secondary N) is 1. The quantitative estimate of drug-likeness (QED) is 0.875. The molecular formula is C14H14ClN3O3. The number of ether oxygens (including phenoxy) is 1. The first-order valence-electron chi connectivity index (χ1n) is 6.16. The molecule has 0 aliphatic carbocycles. The Labute approximate surface area is 126 Å². The molecule has 1 heterocycles. The third kappa shape index (κ3) is 3.61. The van der Waals surface area contributed by atoms with Crippen LogP contribution in [0.3, 0.4) is 0 Å². The van der Waals surface area contributed by atoms with E-state index in [0.717, 1.165) is 10.1 Å². The van der Waals surface area contributed by atoms with E-state index in [1.165, 1.54) is 13.4 Å². The van der Waals surface area contributed by atoms with Crippen molar-refractivity contribution in [1.82, 2.24) is 9.55 Å². The topological polar surface area (TPSA) is 73.2 Å². The number of hydrogen-bond donors (Lipinski definition) is 1. The molecule has 1 aromatic carbocycles. The van der Waals surface area contributed by atoms with Crippen LogP contribution in [0.15, 0.2) is 35.4 Å². The van der Waals surface area contributed by atoms with Gasteiger partial charge in [-0.1, -0.05) is 23.7 Å². The average Bonchev–Trinajstić information content (AvgIpc) is 2.42. The summed E-state index contributed by atoms with van der Waals surface area (Å²) < 4.78 is 6.01. The van der Waals surface area contributed by atoms with Crippen LogP contribution in [0.2, 0.25) is 5.15 Å². The lowest BCUT2D eigenvalue weighted by Crippen LogP contribution is -2.28. The number of halogens is 1. The zero-order valence-electron chi connectivity index (χ0n) is 11.6. The summed E-state index contributed by atoms with van der Waals surface area (Å²) in [6.45, 7) is 1.75. The first kappa shape index (κ1) is 15.1. The number of methoxy groups -OCH3 is 1. The molecule has 110 valence electrons. The van der Waals surface area contributed by atoms with Gasteiger partial charge in [-0.3, -0.25) is 14.2 Å². The Balaban J connectivity index is 2.15. The molecule has 0 bridgehead atoms. The largest absolute Gasteiger partial charge is 0.489 e. The normalized spacial score (nSPS) is 10.2. The minimum absolute atomic E-state index is 0.0298. The fourth-order valence-corrected chi connectivity index (χ4v) is 2.01. The van der Waals surface area contributed by atoms with Crippen molar-refractivity contribution in [3.63, 3.8) is 0 Å². The smallest absolute Gasteiger partial charge is 0.297 e. The second-order valence-electron chi connectivity index (χ2n) is 4.42. The molecule has 0 unspecified atom stereocenters. The molecule has 7 heteroatoms. The van der Waals surface area contributed by atoms with Crippen molar-refractivity contribution in [2.45, 2.75) is 13.5 Å². The van der Waals surface area contributed by atoms with E-state index >= 15 is 0 Å². The molecule has 2 aromatic rings. The van der Waals surface area contributed by atoms with Crippen LogP contribution in [0, 0.1) is 6.92 Å². The molecule has 21 heavy (non-hydrogen) atoms. The first-order valence-corrected chi connectivity index (χ1v) is 6.54. The highest BCUT2D eigenvalue weighted by Crippen LogP contribution is 2.15. The third-order valence-corrected chi connectivity index (χ3v) is 3.04. The highest BCUT2D eigenvalue weighted by molar-refractivity contribution is 6.30. The molecule has 0 saturated heterocycles. The monoisotopic (exact) mass is 307 g/mol. The minimum atomic E-state index is -0.503. The molecule has 1 amide bonds. The molecule has 6 nitrogen and oxygen atoms in total. The van der Waals surface area contributed by atoms with Crippen LogP contribution in [0.5, 0.6) is 5.75 Å². The van der Waals surface area contributed by atoms with Gasteiger partial charge in [0.05, 0.1) is 13.4 Å². The lowest BCUT2D eigenvalue weighted by Gasteiger charge is -2.09. The molecule has 0 saturated carbocycles. The highest BCUT2D eigenvalue weighted by atomic mass is 35.5. The van der Waals surface area contributed by atoms with Crippen LogP contribution in [-0.2, 0) is 11.3 Å². The maximum absolute atomic E-state index is 12.0.